The van der Waals surface area contributed by atoms with Crippen molar-refractivity contribution in [3.63, 3.8) is 0 Å². The molecular weight excluding hydrogens is 330 g/mol. The Morgan fingerprint density at radius 2 is 1.44 bits per heavy atom. The molecule has 0 atom stereocenters. The topological polar surface area (TPSA) is 41.0 Å². The fourth-order valence-electron chi connectivity index (χ4n) is 3.59. The molecule has 0 saturated heterocycles. The molecule has 5 rings (SSSR count). The maximum absolute atomic E-state index is 4.90. The zero-order valence-electron chi connectivity index (χ0n) is 15.1. The van der Waals surface area contributed by atoms with Crippen molar-refractivity contribution in [1.82, 2.24) is 9.97 Å². The molecule has 0 unspecified atom stereocenters. The van der Waals surface area contributed by atoms with E-state index in [9.17, 15) is 0 Å². The second-order valence-electron chi connectivity index (χ2n) is 7.10. The van der Waals surface area contributed by atoms with E-state index >= 15 is 0 Å². The number of hydrogen-bond donors (Lipinski definition) is 1. The van der Waals surface area contributed by atoms with Gasteiger partial charge in [0, 0.05) is 11.1 Å². The van der Waals surface area contributed by atoms with Gasteiger partial charge < -0.3 is 4.98 Å². The Bertz CT molecular complexity index is 1010. The van der Waals surface area contributed by atoms with E-state index in [4.69, 9.17) is 4.98 Å². The molecule has 0 aliphatic heterocycles. The van der Waals surface area contributed by atoms with Crippen molar-refractivity contribution in [3.05, 3.63) is 78.6 Å². The van der Waals surface area contributed by atoms with Crippen molar-refractivity contribution in [3.8, 4) is 22.3 Å². The smallest absolute Gasteiger partial charge is 0.149 e. The Morgan fingerprint density at radius 3 is 2.07 bits per heavy atom. The molecule has 3 nitrogen and oxygen atoms in total. The second kappa shape index (κ2) is 6.84. The summed E-state index contributed by atoms with van der Waals surface area (Å²) in [5.41, 5.74) is 6.74. The molecule has 1 N–H and O–H groups in total. The Kier molecular flexibility index (Phi) is 4.06. The molecule has 0 spiro atoms. The molecule has 132 valence electrons. The average molecular weight is 351 g/mol. The Hall–Kier alpha value is -3.20. The number of nitrogens with zero attached hydrogens (tertiary/aromatic N) is 2. The van der Waals surface area contributed by atoms with Crippen molar-refractivity contribution in [2.45, 2.75) is 25.3 Å². The number of benzene rings is 3. The van der Waals surface area contributed by atoms with Gasteiger partial charge in [-0.1, -0.05) is 72.8 Å². The van der Waals surface area contributed by atoms with Gasteiger partial charge in [0.1, 0.15) is 5.82 Å². The Labute approximate surface area is 158 Å². The normalized spacial score (nSPS) is 14.7. The van der Waals surface area contributed by atoms with Crippen LogP contribution in [-0.2, 0) is 0 Å². The highest BCUT2D eigenvalue weighted by Gasteiger charge is 2.16. The largest absolute Gasteiger partial charge is 0.337 e. The predicted molar refractivity (Wildman–Crippen MR) is 112 cm³/mol. The first-order valence-corrected chi connectivity index (χ1v) is 9.55. The number of aromatic amines is 1. The predicted octanol–water partition coefficient (Wildman–Crippen LogP) is 5.87. The molecule has 3 aromatic carbocycles. The quantitative estimate of drug-likeness (QED) is 0.459. The molecule has 1 aliphatic rings. The maximum Gasteiger partial charge on any atom is 0.149 e. The minimum atomic E-state index is 0.473. The SMILES string of the molecule is C(=N\C1CCC1)/c1nc2c(-c3ccccc3)ccc(-c3ccccc3)c2[nH]1. The van der Waals surface area contributed by atoms with Crippen LogP contribution in [0, 0.1) is 0 Å². The number of aromatic nitrogens is 2. The third kappa shape index (κ3) is 3.06. The summed E-state index contributed by atoms with van der Waals surface area (Å²) in [5, 5.41) is 0. The Balaban J connectivity index is 1.68. The highest BCUT2D eigenvalue weighted by molar-refractivity contribution is 6.02. The van der Waals surface area contributed by atoms with Crippen LogP contribution in [0.2, 0.25) is 0 Å². The van der Waals surface area contributed by atoms with E-state index in [2.05, 4.69) is 70.6 Å². The molecule has 0 bridgehead atoms. The van der Waals surface area contributed by atoms with Gasteiger partial charge in [0.2, 0.25) is 0 Å². The molecule has 27 heavy (non-hydrogen) atoms. The summed E-state index contributed by atoms with van der Waals surface area (Å²) in [4.78, 5) is 13.1. The highest BCUT2D eigenvalue weighted by Crippen LogP contribution is 2.34. The summed E-state index contributed by atoms with van der Waals surface area (Å²) in [6.07, 6.45) is 5.59. The number of rotatable bonds is 4. The molecule has 1 aliphatic carbocycles. The number of H-pyrrole nitrogens is 1. The van der Waals surface area contributed by atoms with E-state index in [0.29, 0.717) is 6.04 Å². The Morgan fingerprint density at radius 1 is 0.815 bits per heavy atom. The summed E-state index contributed by atoms with van der Waals surface area (Å²) in [6.45, 7) is 0. The van der Waals surface area contributed by atoms with Crippen LogP contribution >= 0.6 is 0 Å². The van der Waals surface area contributed by atoms with Gasteiger partial charge in [0.05, 0.1) is 23.3 Å². The number of hydrogen-bond acceptors (Lipinski definition) is 2. The van der Waals surface area contributed by atoms with Gasteiger partial charge in [-0.15, -0.1) is 0 Å². The summed E-state index contributed by atoms with van der Waals surface area (Å²) in [7, 11) is 0. The zero-order chi connectivity index (χ0) is 18.1. The van der Waals surface area contributed by atoms with E-state index < -0.39 is 0 Å². The van der Waals surface area contributed by atoms with Gasteiger partial charge in [-0.05, 0) is 30.4 Å². The van der Waals surface area contributed by atoms with Crippen LogP contribution in [0.25, 0.3) is 33.3 Å². The maximum atomic E-state index is 4.90. The summed E-state index contributed by atoms with van der Waals surface area (Å²) in [5.74, 6) is 0.831. The number of aliphatic imine (C=N–C) groups is 1. The minimum absolute atomic E-state index is 0.473. The van der Waals surface area contributed by atoms with Crippen LogP contribution in [0.1, 0.15) is 25.1 Å². The standard InChI is InChI=1S/C24H21N3/c1-3-8-17(9-4-1)20-14-15-21(18-10-5-2-6-11-18)24-23(20)26-22(27-24)16-25-19-12-7-13-19/h1-6,8-11,14-16,19H,7,12-13H2,(H,26,27)/b25-16+. The first-order chi connectivity index (χ1) is 13.4. The first-order valence-electron chi connectivity index (χ1n) is 9.55. The number of fused-ring (bicyclic) bond motifs is 1. The number of nitrogens with one attached hydrogen (secondary N) is 1. The minimum Gasteiger partial charge on any atom is -0.337 e. The van der Waals surface area contributed by atoms with Crippen molar-refractivity contribution < 1.29 is 0 Å². The summed E-state index contributed by atoms with van der Waals surface area (Å²) < 4.78 is 0. The summed E-state index contributed by atoms with van der Waals surface area (Å²) in [6, 6.07) is 25.7. The van der Waals surface area contributed by atoms with Crippen molar-refractivity contribution in [2.75, 3.05) is 0 Å². The van der Waals surface area contributed by atoms with Crippen LogP contribution in [0.5, 0.6) is 0 Å². The van der Waals surface area contributed by atoms with Crippen LogP contribution in [-0.4, -0.2) is 22.2 Å². The monoisotopic (exact) mass is 351 g/mol. The third-order valence-corrected chi connectivity index (χ3v) is 5.32. The van der Waals surface area contributed by atoms with Crippen molar-refractivity contribution in [1.29, 1.82) is 0 Å². The average Bonchev–Trinajstić information content (AvgIpc) is 3.11. The van der Waals surface area contributed by atoms with E-state index in [1.807, 2.05) is 18.3 Å². The summed E-state index contributed by atoms with van der Waals surface area (Å²) >= 11 is 0. The fourth-order valence-corrected chi connectivity index (χ4v) is 3.59. The molecule has 0 amide bonds. The molecule has 1 saturated carbocycles. The van der Waals surface area contributed by atoms with Gasteiger partial charge >= 0.3 is 0 Å². The molecule has 0 radical (unpaired) electrons. The first kappa shape index (κ1) is 16.0. The lowest BCUT2D eigenvalue weighted by molar-refractivity contribution is 0.421. The van der Waals surface area contributed by atoms with Gasteiger partial charge in [-0.25, -0.2) is 4.98 Å². The van der Waals surface area contributed by atoms with Gasteiger partial charge in [0.25, 0.3) is 0 Å². The molecular formula is C24H21N3. The van der Waals surface area contributed by atoms with E-state index in [0.717, 1.165) is 22.4 Å². The van der Waals surface area contributed by atoms with Crippen LogP contribution < -0.4 is 0 Å². The van der Waals surface area contributed by atoms with Crippen LogP contribution in [0.4, 0.5) is 0 Å². The van der Waals surface area contributed by atoms with Crippen molar-refractivity contribution >= 4 is 17.2 Å². The second-order valence-corrected chi connectivity index (χ2v) is 7.10. The lowest BCUT2D eigenvalue weighted by Crippen LogP contribution is -2.14. The van der Waals surface area contributed by atoms with E-state index in [1.165, 1.54) is 36.0 Å². The van der Waals surface area contributed by atoms with Crippen molar-refractivity contribution in [2.24, 2.45) is 4.99 Å². The highest BCUT2D eigenvalue weighted by atomic mass is 14.9. The lowest BCUT2D eigenvalue weighted by Gasteiger charge is -2.19. The van der Waals surface area contributed by atoms with Crippen LogP contribution in [0.15, 0.2) is 77.8 Å². The van der Waals surface area contributed by atoms with Gasteiger partial charge in [0.15, 0.2) is 0 Å². The van der Waals surface area contributed by atoms with E-state index in [1.54, 1.807) is 0 Å². The molecule has 1 aromatic heterocycles. The molecule has 1 heterocycles. The van der Waals surface area contributed by atoms with Crippen LogP contribution in [0.3, 0.4) is 0 Å². The van der Waals surface area contributed by atoms with Gasteiger partial charge in [-0.3, -0.25) is 4.99 Å². The van der Waals surface area contributed by atoms with E-state index in [-0.39, 0.29) is 0 Å². The lowest BCUT2D eigenvalue weighted by atomic mass is 9.94. The third-order valence-electron chi connectivity index (χ3n) is 5.32. The van der Waals surface area contributed by atoms with Gasteiger partial charge in [-0.2, -0.15) is 0 Å². The fraction of sp³-hybridized carbons (Fsp3) is 0.167. The molecule has 3 heteroatoms. The zero-order valence-corrected chi connectivity index (χ0v) is 15.1. The number of imidazole rings is 1. The molecule has 4 aromatic rings. The molecule has 1 fully saturated rings.